The van der Waals surface area contributed by atoms with Crippen LogP contribution in [0.1, 0.15) is 39.4 Å². The summed E-state index contributed by atoms with van der Waals surface area (Å²) in [4.78, 5) is 14.8. The fourth-order valence-corrected chi connectivity index (χ4v) is 3.76. The van der Waals surface area contributed by atoms with Gasteiger partial charge in [-0.05, 0) is 35.4 Å². The van der Waals surface area contributed by atoms with Crippen molar-refractivity contribution in [3.63, 3.8) is 0 Å². The number of aliphatic hydroxyl groups excluding tert-OH is 1. The number of aliphatic hydroxyl groups is 1. The van der Waals surface area contributed by atoms with Crippen LogP contribution in [0.2, 0.25) is 0 Å². The lowest BCUT2D eigenvalue weighted by Crippen LogP contribution is -2.53. The Bertz CT molecular complexity index is 1040. The summed E-state index contributed by atoms with van der Waals surface area (Å²) in [5, 5.41) is 23.2. The SMILES string of the molecule is COC(NCC1COCCN1C(=O)c1ccc(C#N)cc1)c1ccc(C(N)NC(O)C(F)(F)F)cc1. The van der Waals surface area contributed by atoms with Gasteiger partial charge in [-0.2, -0.15) is 18.4 Å². The summed E-state index contributed by atoms with van der Waals surface area (Å²) < 4.78 is 48.7. The van der Waals surface area contributed by atoms with Gasteiger partial charge in [0.05, 0.1) is 37.1 Å². The number of benzene rings is 2. The maximum atomic E-state index is 13.1. The van der Waals surface area contributed by atoms with Gasteiger partial charge in [0.15, 0.2) is 0 Å². The fraction of sp³-hybridized carbons (Fsp3) is 0.417. The van der Waals surface area contributed by atoms with E-state index in [1.54, 1.807) is 41.3 Å². The number of hydrogen-bond donors (Lipinski definition) is 4. The molecule has 36 heavy (non-hydrogen) atoms. The molecule has 0 bridgehead atoms. The van der Waals surface area contributed by atoms with Gasteiger partial charge in [-0.1, -0.05) is 24.3 Å². The molecule has 9 nitrogen and oxygen atoms in total. The van der Waals surface area contributed by atoms with E-state index in [0.29, 0.717) is 48.6 Å². The zero-order chi connectivity index (χ0) is 26.3. The maximum Gasteiger partial charge on any atom is 0.428 e. The van der Waals surface area contributed by atoms with Crippen molar-refractivity contribution in [1.29, 1.82) is 5.26 Å². The quantitative estimate of drug-likeness (QED) is 0.378. The number of nitrogens with one attached hydrogen (secondary N) is 2. The van der Waals surface area contributed by atoms with Crippen LogP contribution in [0.3, 0.4) is 0 Å². The lowest BCUT2D eigenvalue weighted by Gasteiger charge is -2.36. The van der Waals surface area contributed by atoms with Crippen molar-refractivity contribution in [2.75, 3.05) is 33.4 Å². The van der Waals surface area contributed by atoms with Crippen LogP contribution in [0.15, 0.2) is 48.5 Å². The van der Waals surface area contributed by atoms with Gasteiger partial charge in [0, 0.05) is 25.8 Å². The fourth-order valence-electron chi connectivity index (χ4n) is 3.76. The van der Waals surface area contributed by atoms with E-state index in [4.69, 9.17) is 25.6 Å². The van der Waals surface area contributed by atoms with E-state index in [0.717, 1.165) is 0 Å². The molecule has 0 spiro atoms. The van der Waals surface area contributed by atoms with E-state index in [1.165, 1.54) is 19.2 Å². The Morgan fingerprint density at radius 1 is 1.25 bits per heavy atom. The van der Waals surface area contributed by atoms with Crippen molar-refractivity contribution >= 4 is 5.91 Å². The van der Waals surface area contributed by atoms with Crippen molar-refractivity contribution in [1.82, 2.24) is 15.5 Å². The van der Waals surface area contributed by atoms with E-state index < -0.39 is 24.8 Å². The molecule has 194 valence electrons. The highest BCUT2D eigenvalue weighted by molar-refractivity contribution is 5.94. The predicted molar refractivity (Wildman–Crippen MR) is 123 cm³/mol. The molecule has 1 saturated heterocycles. The minimum absolute atomic E-state index is 0.171. The highest BCUT2D eigenvalue weighted by atomic mass is 19.4. The normalized spacial score (nSPS) is 18.8. The largest absolute Gasteiger partial charge is 0.428 e. The van der Waals surface area contributed by atoms with Crippen LogP contribution in [0.25, 0.3) is 0 Å². The number of alkyl halides is 3. The lowest BCUT2D eigenvalue weighted by atomic mass is 10.1. The Morgan fingerprint density at radius 3 is 2.47 bits per heavy atom. The first-order valence-electron chi connectivity index (χ1n) is 11.2. The number of amides is 1. The van der Waals surface area contributed by atoms with E-state index in [-0.39, 0.29) is 11.9 Å². The van der Waals surface area contributed by atoms with Gasteiger partial charge >= 0.3 is 6.18 Å². The minimum Gasteiger partial charge on any atom is -0.377 e. The molecule has 4 unspecified atom stereocenters. The van der Waals surface area contributed by atoms with Crippen molar-refractivity contribution in [3.8, 4) is 6.07 Å². The van der Waals surface area contributed by atoms with Crippen LogP contribution in [0.4, 0.5) is 13.2 Å². The third-order valence-electron chi connectivity index (χ3n) is 5.77. The zero-order valence-corrected chi connectivity index (χ0v) is 19.5. The van der Waals surface area contributed by atoms with Gasteiger partial charge in [-0.25, -0.2) is 0 Å². The molecule has 2 aromatic rings. The number of rotatable bonds is 9. The molecule has 0 saturated carbocycles. The average Bonchev–Trinajstić information content (AvgIpc) is 2.88. The maximum absolute atomic E-state index is 13.1. The number of methoxy groups -OCH3 is 1. The van der Waals surface area contributed by atoms with Gasteiger partial charge < -0.3 is 25.2 Å². The Morgan fingerprint density at radius 2 is 1.89 bits per heavy atom. The first-order valence-corrected chi connectivity index (χ1v) is 11.2. The number of morpholine rings is 1. The second-order valence-corrected chi connectivity index (χ2v) is 8.20. The number of nitriles is 1. The second-order valence-electron chi connectivity index (χ2n) is 8.20. The van der Waals surface area contributed by atoms with Crippen LogP contribution < -0.4 is 16.4 Å². The van der Waals surface area contributed by atoms with E-state index in [1.807, 2.05) is 11.4 Å². The smallest absolute Gasteiger partial charge is 0.377 e. The van der Waals surface area contributed by atoms with Gasteiger partial charge in [-0.3, -0.25) is 15.4 Å². The van der Waals surface area contributed by atoms with Gasteiger partial charge in [0.1, 0.15) is 6.23 Å². The van der Waals surface area contributed by atoms with E-state index in [2.05, 4.69) is 5.32 Å². The highest BCUT2D eigenvalue weighted by Crippen LogP contribution is 2.22. The molecule has 0 aliphatic carbocycles. The molecule has 0 radical (unpaired) electrons. The molecule has 1 aliphatic heterocycles. The molecule has 1 aliphatic rings. The summed E-state index contributed by atoms with van der Waals surface area (Å²) >= 11 is 0. The number of carbonyl (C=O) groups excluding carboxylic acids is 1. The summed E-state index contributed by atoms with van der Waals surface area (Å²) in [6.07, 6.45) is -9.38. The molecule has 1 heterocycles. The standard InChI is InChI=1S/C24H28F3N5O4/c1-35-21(17-8-6-16(7-9-17)20(29)31-23(34)24(25,26)27)30-13-19-14-36-11-10-32(19)22(33)18-4-2-15(12-28)3-5-18/h2-9,19-21,23,30-31,34H,10-11,13-14,29H2,1H3. The Labute approximate surface area is 206 Å². The number of nitrogens with zero attached hydrogens (tertiary/aromatic N) is 2. The molecule has 3 rings (SSSR count). The molecular weight excluding hydrogens is 479 g/mol. The topological polar surface area (TPSA) is 133 Å². The summed E-state index contributed by atoms with van der Waals surface area (Å²) in [7, 11) is 1.50. The van der Waals surface area contributed by atoms with Crippen LogP contribution in [-0.2, 0) is 9.47 Å². The van der Waals surface area contributed by atoms with Crippen LogP contribution >= 0.6 is 0 Å². The van der Waals surface area contributed by atoms with Gasteiger partial charge in [-0.15, -0.1) is 0 Å². The molecule has 5 N–H and O–H groups in total. The molecule has 4 atom stereocenters. The molecule has 2 aromatic carbocycles. The minimum atomic E-state index is -4.83. The third kappa shape index (κ3) is 7.01. The van der Waals surface area contributed by atoms with Crippen LogP contribution in [-0.4, -0.2) is 67.8 Å². The van der Waals surface area contributed by atoms with Crippen molar-refractivity contribution in [2.45, 2.75) is 30.8 Å². The second kappa shape index (κ2) is 12.3. The van der Waals surface area contributed by atoms with Crippen LogP contribution in [0, 0.1) is 11.3 Å². The van der Waals surface area contributed by atoms with E-state index >= 15 is 0 Å². The lowest BCUT2D eigenvalue weighted by molar-refractivity contribution is -0.216. The van der Waals surface area contributed by atoms with Crippen molar-refractivity contribution in [3.05, 3.63) is 70.8 Å². The third-order valence-corrected chi connectivity index (χ3v) is 5.77. The number of halogens is 3. The van der Waals surface area contributed by atoms with Crippen molar-refractivity contribution < 1.29 is 32.5 Å². The first kappa shape index (κ1) is 27.5. The predicted octanol–water partition coefficient (Wildman–Crippen LogP) is 1.76. The highest BCUT2D eigenvalue weighted by Gasteiger charge is 2.39. The van der Waals surface area contributed by atoms with Gasteiger partial charge in [0.25, 0.3) is 5.91 Å². The summed E-state index contributed by atoms with van der Waals surface area (Å²) in [6.45, 7) is 1.49. The molecule has 0 aromatic heterocycles. The average molecular weight is 508 g/mol. The Kier molecular flexibility index (Phi) is 9.38. The van der Waals surface area contributed by atoms with Crippen molar-refractivity contribution in [2.24, 2.45) is 5.73 Å². The monoisotopic (exact) mass is 507 g/mol. The van der Waals surface area contributed by atoms with Gasteiger partial charge in [0.2, 0.25) is 6.23 Å². The number of carbonyl (C=O) groups is 1. The Balaban J connectivity index is 1.62. The molecule has 12 heteroatoms. The summed E-state index contributed by atoms with van der Waals surface area (Å²) in [5.41, 5.74) is 7.70. The summed E-state index contributed by atoms with van der Waals surface area (Å²) in [5.74, 6) is -0.171. The molecular formula is C24H28F3N5O4. The first-order chi connectivity index (χ1) is 17.1. The number of ether oxygens (including phenoxy) is 2. The van der Waals surface area contributed by atoms with Crippen LogP contribution in [0.5, 0.6) is 0 Å². The Hall–Kier alpha value is -3.05. The molecule has 1 amide bonds. The number of nitrogens with two attached hydrogens (primary N) is 1. The molecule has 1 fully saturated rings. The summed E-state index contributed by atoms with van der Waals surface area (Å²) in [6, 6.07) is 14.5. The van der Waals surface area contributed by atoms with E-state index in [9.17, 15) is 18.0 Å². The number of hydrogen-bond acceptors (Lipinski definition) is 8. The zero-order valence-electron chi connectivity index (χ0n) is 19.5.